The fraction of sp³-hybridized carbons (Fsp3) is 0.391. The summed E-state index contributed by atoms with van der Waals surface area (Å²) in [4.78, 5) is 14.0. The molecule has 0 unspecified atom stereocenters. The molecular formula is C23H27N5O. The van der Waals surface area contributed by atoms with E-state index in [0.29, 0.717) is 25.2 Å². The standard InChI is InChI=1S/C23H27N5O/c29-21(24-18-23(15-7-8-16-23)20-12-5-2-6-13-20)14-9-17-28-26-22(25-27-28)19-10-3-1-4-11-19/h1-6,10-13H,7-9,14-18H2,(H,24,29). The number of tetrazole rings is 1. The fourth-order valence-electron chi connectivity index (χ4n) is 4.19. The number of aryl methyl sites for hydroxylation is 1. The highest BCUT2D eigenvalue weighted by Gasteiger charge is 2.35. The Morgan fingerprint density at radius 2 is 1.69 bits per heavy atom. The number of rotatable bonds is 8. The second kappa shape index (κ2) is 8.99. The molecule has 0 atom stereocenters. The number of hydrogen-bond donors (Lipinski definition) is 1. The van der Waals surface area contributed by atoms with Crippen LogP contribution in [0.5, 0.6) is 0 Å². The number of aromatic nitrogens is 4. The molecular weight excluding hydrogens is 362 g/mol. The third-order valence-electron chi connectivity index (χ3n) is 5.82. The summed E-state index contributed by atoms with van der Waals surface area (Å²) in [5.41, 5.74) is 2.38. The van der Waals surface area contributed by atoms with Crippen molar-refractivity contribution in [1.82, 2.24) is 25.5 Å². The first kappa shape index (κ1) is 19.3. The molecule has 1 aliphatic carbocycles. The highest BCUT2D eigenvalue weighted by molar-refractivity contribution is 5.76. The number of benzene rings is 2. The van der Waals surface area contributed by atoms with E-state index < -0.39 is 0 Å². The first-order chi connectivity index (χ1) is 14.3. The minimum Gasteiger partial charge on any atom is -0.355 e. The number of amides is 1. The van der Waals surface area contributed by atoms with Crippen molar-refractivity contribution in [3.8, 4) is 11.4 Å². The van der Waals surface area contributed by atoms with Gasteiger partial charge in [0.25, 0.3) is 0 Å². The van der Waals surface area contributed by atoms with E-state index in [1.807, 2.05) is 36.4 Å². The molecule has 6 heteroatoms. The Balaban J connectivity index is 1.26. The Bertz CT molecular complexity index is 917. The van der Waals surface area contributed by atoms with Crippen LogP contribution >= 0.6 is 0 Å². The van der Waals surface area contributed by atoms with Gasteiger partial charge in [0.1, 0.15) is 0 Å². The maximum Gasteiger partial charge on any atom is 0.220 e. The van der Waals surface area contributed by atoms with Gasteiger partial charge >= 0.3 is 0 Å². The van der Waals surface area contributed by atoms with Gasteiger partial charge in [-0.3, -0.25) is 4.79 Å². The Morgan fingerprint density at radius 1 is 1.00 bits per heavy atom. The molecule has 1 N–H and O–H groups in total. The Morgan fingerprint density at radius 3 is 2.41 bits per heavy atom. The van der Waals surface area contributed by atoms with Gasteiger partial charge in [-0.15, -0.1) is 10.2 Å². The molecule has 1 amide bonds. The number of hydrogen-bond acceptors (Lipinski definition) is 4. The molecule has 1 heterocycles. The van der Waals surface area contributed by atoms with Crippen LogP contribution in [0.1, 0.15) is 44.1 Å². The second-order valence-corrected chi connectivity index (χ2v) is 7.81. The summed E-state index contributed by atoms with van der Waals surface area (Å²) in [6.07, 6.45) is 5.89. The molecule has 1 aromatic heterocycles. The number of carbonyl (C=O) groups is 1. The van der Waals surface area contributed by atoms with E-state index in [-0.39, 0.29) is 11.3 Å². The second-order valence-electron chi connectivity index (χ2n) is 7.81. The predicted molar refractivity (Wildman–Crippen MR) is 112 cm³/mol. The lowest BCUT2D eigenvalue weighted by molar-refractivity contribution is -0.121. The van der Waals surface area contributed by atoms with E-state index in [4.69, 9.17) is 0 Å². The van der Waals surface area contributed by atoms with Crippen LogP contribution in [0.15, 0.2) is 60.7 Å². The molecule has 0 bridgehead atoms. The summed E-state index contributed by atoms with van der Waals surface area (Å²) < 4.78 is 0. The summed E-state index contributed by atoms with van der Waals surface area (Å²) in [6, 6.07) is 20.4. The summed E-state index contributed by atoms with van der Waals surface area (Å²) in [6.45, 7) is 1.30. The maximum absolute atomic E-state index is 12.4. The molecule has 2 aromatic carbocycles. The molecule has 1 fully saturated rings. The van der Waals surface area contributed by atoms with Gasteiger partial charge in [0.05, 0.1) is 6.54 Å². The molecule has 1 aliphatic rings. The SMILES string of the molecule is O=C(CCCn1nnc(-c2ccccc2)n1)NCC1(c2ccccc2)CCCC1. The molecule has 0 spiro atoms. The highest BCUT2D eigenvalue weighted by atomic mass is 16.1. The predicted octanol–water partition coefficient (Wildman–Crippen LogP) is 3.75. The minimum atomic E-state index is 0.0922. The van der Waals surface area contributed by atoms with E-state index >= 15 is 0 Å². The van der Waals surface area contributed by atoms with E-state index in [2.05, 4.69) is 45.0 Å². The summed E-state index contributed by atoms with van der Waals surface area (Å²) in [5, 5.41) is 15.8. The molecule has 150 valence electrons. The average Bonchev–Trinajstić information content (AvgIpc) is 3.44. The van der Waals surface area contributed by atoms with Gasteiger partial charge < -0.3 is 5.32 Å². The summed E-state index contributed by atoms with van der Waals surface area (Å²) in [5.74, 6) is 0.705. The lowest BCUT2D eigenvalue weighted by Gasteiger charge is -2.30. The van der Waals surface area contributed by atoms with E-state index in [0.717, 1.165) is 24.9 Å². The zero-order chi connectivity index (χ0) is 19.9. The molecule has 29 heavy (non-hydrogen) atoms. The van der Waals surface area contributed by atoms with Crippen LogP contribution in [0.4, 0.5) is 0 Å². The van der Waals surface area contributed by atoms with Crippen LogP contribution in [0, 0.1) is 0 Å². The van der Waals surface area contributed by atoms with Gasteiger partial charge in [-0.05, 0) is 30.0 Å². The number of nitrogens with one attached hydrogen (secondary N) is 1. The summed E-state index contributed by atoms with van der Waals surface area (Å²) >= 11 is 0. The molecule has 6 nitrogen and oxygen atoms in total. The van der Waals surface area contributed by atoms with Crippen molar-refractivity contribution < 1.29 is 4.79 Å². The van der Waals surface area contributed by atoms with Crippen molar-refractivity contribution in [2.24, 2.45) is 0 Å². The van der Waals surface area contributed by atoms with Crippen LogP contribution in [0.3, 0.4) is 0 Å². The van der Waals surface area contributed by atoms with Crippen LogP contribution in [0.2, 0.25) is 0 Å². The van der Waals surface area contributed by atoms with Crippen molar-refractivity contribution in [1.29, 1.82) is 0 Å². The van der Waals surface area contributed by atoms with E-state index in [9.17, 15) is 4.79 Å². The first-order valence-corrected chi connectivity index (χ1v) is 10.4. The van der Waals surface area contributed by atoms with Gasteiger partial charge in [0, 0.05) is 23.9 Å². The zero-order valence-electron chi connectivity index (χ0n) is 16.6. The molecule has 4 rings (SSSR count). The highest BCUT2D eigenvalue weighted by Crippen LogP contribution is 2.40. The third-order valence-corrected chi connectivity index (χ3v) is 5.82. The minimum absolute atomic E-state index is 0.0922. The third kappa shape index (κ3) is 4.70. The lowest BCUT2D eigenvalue weighted by Crippen LogP contribution is -2.39. The van der Waals surface area contributed by atoms with Crippen LogP contribution in [0.25, 0.3) is 11.4 Å². The molecule has 3 aromatic rings. The molecule has 1 saturated carbocycles. The van der Waals surface area contributed by atoms with Gasteiger partial charge in [-0.25, -0.2) is 0 Å². The monoisotopic (exact) mass is 389 g/mol. The largest absolute Gasteiger partial charge is 0.355 e. The topological polar surface area (TPSA) is 72.7 Å². The fourth-order valence-corrected chi connectivity index (χ4v) is 4.19. The average molecular weight is 390 g/mol. The Kier molecular flexibility index (Phi) is 5.98. The molecule has 0 radical (unpaired) electrons. The molecule has 0 aliphatic heterocycles. The van der Waals surface area contributed by atoms with Crippen molar-refractivity contribution in [2.75, 3.05) is 6.54 Å². The van der Waals surface area contributed by atoms with Crippen LogP contribution in [-0.4, -0.2) is 32.7 Å². The van der Waals surface area contributed by atoms with Gasteiger partial charge in [0.15, 0.2) is 0 Å². The quantitative estimate of drug-likeness (QED) is 0.637. The van der Waals surface area contributed by atoms with Gasteiger partial charge in [-0.1, -0.05) is 73.5 Å². The Labute approximate surface area is 171 Å². The van der Waals surface area contributed by atoms with Crippen molar-refractivity contribution in [3.63, 3.8) is 0 Å². The van der Waals surface area contributed by atoms with E-state index in [1.165, 1.54) is 18.4 Å². The number of nitrogens with zero attached hydrogens (tertiary/aromatic N) is 4. The van der Waals surface area contributed by atoms with Crippen molar-refractivity contribution >= 4 is 5.91 Å². The Hall–Kier alpha value is -3.02. The zero-order valence-corrected chi connectivity index (χ0v) is 16.6. The lowest BCUT2D eigenvalue weighted by atomic mass is 9.79. The van der Waals surface area contributed by atoms with Gasteiger partial charge in [-0.2, -0.15) is 4.80 Å². The van der Waals surface area contributed by atoms with Crippen molar-refractivity contribution in [3.05, 3.63) is 66.2 Å². The van der Waals surface area contributed by atoms with Crippen LogP contribution in [-0.2, 0) is 16.8 Å². The number of carbonyl (C=O) groups excluding carboxylic acids is 1. The van der Waals surface area contributed by atoms with Crippen molar-refractivity contribution in [2.45, 2.75) is 50.5 Å². The maximum atomic E-state index is 12.4. The molecule has 0 saturated heterocycles. The van der Waals surface area contributed by atoms with E-state index in [1.54, 1.807) is 4.80 Å². The summed E-state index contributed by atoms with van der Waals surface area (Å²) in [7, 11) is 0. The van der Waals surface area contributed by atoms with Crippen LogP contribution < -0.4 is 5.32 Å². The smallest absolute Gasteiger partial charge is 0.220 e. The van der Waals surface area contributed by atoms with Gasteiger partial charge in [0.2, 0.25) is 11.7 Å². The normalized spacial score (nSPS) is 15.3. The first-order valence-electron chi connectivity index (χ1n) is 10.4.